The highest BCUT2D eigenvalue weighted by Crippen LogP contribution is 2.29. The third kappa shape index (κ3) is 5.98. The molecular weight excluding hydrogens is 433 g/mol. The first kappa shape index (κ1) is 23.1. The fourth-order valence-corrected chi connectivity index (χ4v) is 5.24. The maximum Gasteiger partial charge on any atom is 0.573 e. The van der Waals surface area contributed by atoms with Gasteiger partial charge in [-0.25, -0.2) is 8.51 Å². The summed E-state index contributed by atoms with van der Waals surface area (Å²) in [5, 5.41) is 8.98. The molecule has 1 saturated heterocycles. The van der Waals surface area contributed by atoms with Crippen LogP contribution in [0.4, 0.5) is 18.9 Å². The van der Waals surface area contributed by atoms with Crippen LogP contribution in [-0.4, -0.2) is 51.1 Å². The van der Waals surface area contributed by atoms with E-state index in [4.69, 9.17) is 5.11 Å². The predicted molar refractivity (Wildman–Crippen MR) is 110 cm³/mol. The molecule has 10 heteroatoms. The Kier molecular flexibility index (Phi) is 6.90. The molecule has 1 aliphatic rings. The van der Waals surface area contributed by atoms with Crippen LogP contribution >= 0.6 is 0 Å². The number of alkyl halides is 3. The van der Waals surface area contributed by atoms with Gasteiger partial charge in [0.1, 0.15) is 16.7 Å². The van der Waals surface area contributed by atoms with Gasteiger partial charge >= 0.3 is 12.3 Å². The van der Waals surface area contributed by atoms with Crippen LogP contribution < -0.4 is 9.64 Å². The molecule has 6 nitrogen and oxygen atoms in total. The van der Waals surface area contributed by atoms with Crippen molar-refractivity contribution in [3.63, 3.8) is 0 Å². The standard InChI is InChI=1S/C21H23F3N2O4S/c1-14-12-25(17-6-8-18(9-7-17)30-21(22,23)24)13-15(2)26(14)31(29)19-5-3-4-16(10-19)11-20(27)28/h3-10,14-15H,11-13H2,1-2H3,(H,27,28). The normalized spacial score (nSPS) is 21.0. The van der Waals surface area contributed by atoms with Crippen LogP contribution in [0, 0.1) is 0 Å². The molecule has 168 valence electrons. The topological polar surface area (TPSA) is 70.1 Å². The molecule has 0 amide bonds. The number of piperazine rings is 1. The molecule has 0 saturated carbocycles. The van der Waals surface area contributed by atoms with E-state index in [1.807, 2.05) is 23.1 Å². The lowest BCUT2D eigenvalue weighted by atomic mass is 10.1. The van der Waals surface area contributed by atoms with Gasteiger partial charge in [-0.05, 0) is 55.8 Å². The Bertz CT molecular complexity index is 940. The Hall–Kier alpha value is -2.59. The van der Waals surface area contributed by atoms with Gasteiger partial charge in [0.05, 0.1) is 11.3 Å². The van der Waals surface area contributed by atoms with E-state index in [0.717, 1.165) is 5.69 Å². The highest BCUT2D eigenvalue weighted by Gasteiger charge is 2.34. The Morgan fingerprint density at radius 1 is 1.13 bits per heavy atom. The Morgan fingerprint density at radius 3 is 2.29 bits per heavy atom. The summed E-state index contributed by atoms with van der Waals surface area (Å²) in [4.78, 5) is 13.5. The first-order chi connectivity index (χ1) is 14.5. The lowest BCUT2D eigenvalue weighted by Crippen LogP contribution is -2.57. The Labute approximate surface area is 180 Å². The van der Waals surface area contributed by atoms with Crippen LogP contribution in [0.5, 0.6) is 5.75 Å². The first-order valence-electron chi connectivity index (χ1n) is 9.65. The Morgan fingerprint density at radius 2 is 1.74 bits per heavy atom. The van der Waals surface area contributed by atoms with E-state index in [-0.39, 0.29) is 24.3 Å². The van der Waals surface area contributed by atoms with E-state index in [1.54, 1.807) is 36.4 Å². The summed E-state index contributed by atoms with van der Waals surface area (Å²) in [5.74, 6) is -1.23. The number of benzene rings is 2. The largest absolute Gasteiger partial charge is 0.573 e. The highest BCUT2D eigenvalue weighted by molar-refractivity contribution is 7.82. The lowest BCUT2D eigenvalue weighted by molar-refractivity contribution is -0.274. The summed E-state index contributed by atoms with van der Waals surface area (Å²) in [5.41, 5.74) is 1.33. The molecule has 3 atom stereocenters. The molecular formula is C21H23F3N2O4S. The van der Waals surface area contributed by atoms with E-state index < -0.39 is 23.3 Å². The lowest BCUT2D eigenvalue weighted by Gasteiger charge is -2.44. The summed E-state index contributed by atoms with van der Waals surface area (Å²) >= 11 is 0. The van der Waals surface area contributed by atoms with Crippen molar-refractivity contribution in [3.8, 4) is 5.75 Å². The number of carboxylic acids is 1. The van der Waals surface area contributed by atoms with Gasteiger partial charge < -0.3 is 14.7 Å². The minimum Gasteiger partial charge on any atom is -0.481 e. The van der Waals surface area contributed by atoms with Gasteiger partial charge in [-0.2, -0.15) is 0 Å². The number of halogens is 3. The van der Waals surface area contributed by atoms with Crippen molar-refractivity contribution in [1.29, 1.82) is 0 Å². The van der Waals surface area contributed by atoms with E-state index in [9.17, 15) is 22.2 Å². The van der Waals surface area contributed by atoms with E-state index >= 15 is 0 Å². The molecule has 1 N–H and O–H groups in total. The number of carboxylic acid groups (broad SMARTS) is 1. The number of hydrogen-bond donors (Lipinski definition) is 1. The van der Waals surface area contributed by atoms with Crippen molar-refractivity contribution < 1.29 is 32.0 Å². The molecule has 3 unspecified atom stereocenters. The molecule has 1 fully saturated rings. The second-order valence-corrected chi connectivity index (χ2v) is 8.86. The zero-order chi connectivity index (χ0) is 22.8. The minimum absolute atomic E-state index is 0.112. The van der Waals surface area contributed by atoms with Crippen LogP contribution in [0.15, 0.2) is 53.4 Å². The van der Waals surface area contributed by atoms with Crippen LogP contribution in [0.2, 0.25) is 0 Å². The van der Waals surface area contributed by atoms with Crippen molar-refractivity contribution in [2.24, 2.45) is 0 Å². The maximum absolute atomic E-state index is 13.2. The van der Waals surface area contributed by atoms with Crippen molar-refractivity contribution in [3.05, 3.63) is 54.1 Å². The van der Waals surface area contributed by atoms with Gasteiger partial charge in [0.15, 0.2) is 0 Å². The monoisotopic (exact) mass is 456 g/mol. The van der Waals surface area contributed by atoms with Crippen molar-refractivity contribution in [1.82, 2.24) is 4.31 Å². The summed E-state index contributed by atoms with van der Waals surface area (Å²) in [6.45, 7) is 4.93. The number of hydrogen-bond acceptors (Lipinski definition) is 4. The third-order valence-corrected chi connectivity index (χ3v) is 6.68. The molecule has 2 aromatic rings. The number of nitrogens with zero attached hydrogens (tertiary/aromatic N) is 2. The maximum atomic E-state index is 13.2. The second-order valence-electron chi connectivity index (χ2n) is 7.47. The van der Waals surface area contributed by atoms with Gasteiger partial charge in [-0.1, -0.05) is 12.1 Å². The fraction of sp³-hybridized carbons (Fsp3) is 0.381. The number of ether oxygens (including phenoxy) is 1. The van der Waals surface area contributed by atoms with Crippen LogP contribution in [0.1, 0.15) is 19.4 Å². The average molecular weight is 456 g/mol. The summed E-state index contributed by atoms with van der Waals surface area (Å²) < 4.78 is 56.1. The molecule has 1 aliphatic heterocycles. The number of rotatable bonds is 6. The van der Waals surface area contributed by atoms with Gasteiger partial charge in [-0.3, -0.25) is 4.79 Å². The molecule has 0 spiro atoms. The van der Waals surface area contributed by atoms with Crippen LogP contribution in [0.3, 0.4) is 0 Å². The molecule has 0 aliphatic carbocycles. The zero-order valence-corrected chi connectivity index (χ0v) is 17.8. The Balaban J connectivity index is 1.71. The van der Waals surface area contributed by atoms with Crippen molar-refractivity contribution >= 4 is 22.6 Å². The number of aliphatic carboxylic acids is 1. The molecule has 3 rings (SSSR count). The highest BCUT2D eigenvalue weighted by atomic mass is 32.2. The smallest absolute Gasteiger partial charge is 0.481 e. The molecule has 2 aromatic carbocycles. The summed E-state index contributed by atoms with van der Waals surface area (Å²) in [6.07, 6.45) is -4.88. The van der Waals surface area contributed by atoms with Crippen LogP contribution in [0.25, 0.3) is 0 Å². The second kappa shape index (κ2) is 9.27. The van der Waals surface area contributed by atoms with E-state index in [1.165, 1.54) is 12.1 Å². The van der Waals surface area contributed by atoms with E-state index in [0.29, 0.717) is 23.5 Å². The molecule has 31 heavy (non-hydrogen) atoms. The summed E-state index contributed by atoms with van der Waals surface area (Å²) in [6, 6.07) is 12.2. The van der Waals surface area contributed by atoms with Crippen molar-refractivity contribution in [2.45, 2.75) is 43.6 Å². The van der Waals surface area contributed by atoms with Gasteiger partial charge in [0.25, 0.3) is 0 Å². The van der Waals surface area contributed by atoms with Gasteiger partial charge in [0.2, 0.25) is 0 Å². The number of anilines is 1. The van der Waals surface area contributed by atoms with Crippen molar-refractivity contribution in [2.75, 3.05) is 18.0 Å². The van der Waals surface area contributed by atoms with E-state index in [2.05, 4.69) is 4.74 Å². The SMILES string of the molecule is CC1CN(c2ccc(OC(F)(F)F)cc2)CC(C)N1S(=O)c1cccc(CC(=O)O)c1. The first-order valence-corrected chi connectivity index (χ1v) is 10.8. The fourth-order valence-electron chi connectivity index (χ4n) is 3.76. The van der Waals surface area contributed by atoms with Gasteiger partial charge in [-0.15, -0.1) is 13.2 Å². The molecule has 0 radical (unpaired) electrons. The number of carbonyl (C=O) groups is 1. The summed E-state index contributed by atoms with van der Waals surface area (Å²) in [7, 11) is -1.47. The molecule has 0 bridgehead atoms. The third-order valence-electron chi connectivity index (χ3n) is 4.92. The quantitative estimate of drug-likeness (QED) is 0.716. The minimum atomic E-state index is -4.73. The molecule has 0 aromatic heterocycles. The average Bonchev–Trinajstić information content (AvgIpc) is 2.66. The van der Waals surface area contributed by atoms with Gasteiger partial charge in [0, 0.05) is 30.9 Å². The molecule has 1 heterocycles. The zero-order valence-electron chi connectivity index (χ0n) is 17.0. The predicted octanol–water partition coefficient (Wildman–Crippen LogP) is 3.83. The van der Waals surface area contributed by atoms with Crippen LogP contribution in [-0.2, 0) is 22.2 Å².